The molecule has 3 heterocycles. The second-order valence-corrected chi connectivity index (χ2v) is 8.55. The van der Waals surface area contributed by atoms with Crippen molar-refractivity contribution in [3.05, 3.63) is 0 Å². The van der Waals surface area contributed by atoms with E-state index in [4.69, 9.17) is 4.74 Å². The summed E-state index contributed by atoms with van der Waals surface area (Å²) in [6, 6.07) is 0.739. The van der Waals surface area contributed by atoms with Crippen LogP contribution in [0, 0.1) is 5.41 Å². The molecular formula is C18H28N6O2. The fraction of sp³-hybridized carbons (Fsp3) is 0.889. The van der Waals surface area contributed by atoms with Crippen molar-refractivity contribution in [2.75, 3.05) is 31.1 Å². The lowest BCUT2D eigenvalue weighted by molar-refractivity contribution is 0.0498. The first kappa shape index (κ1) is 16.3. The molecule has 0 radical (unpaired) electrons. The van der Waals surface area contributed by atoms with E-state index >= 15 is 0 Å². The fourth-order valence-electron chi connectivity index (χ4n) is 5.43. The van der Waals surface area contributed by atoms with Crippen molar-refractivity contribution in [3.8, 4) is 0 Å². The number of hydrogen-bond donors (Lipinski definition) is 0. The van der Waals surface area contributed by atoms with Crippen LogP contribution in [-0.4, -0.2) is 63.5 Å². The Morgan fingerprint density at radius 1 is 1.00 bits per heavy atom. The van der Waals surface area contributed by atoms with Gasteiger partial charge in [-0.05, 0) is 67.2 Å². The molecule has 1 amide bonds. The van der Waals surface area contributed by atoms with Crippen LogP contribution in [0.15, 0.2) is 0 Å². The summed E-state index contributed by atoms with van der Waals surface area (Å²) >= 11 is 0. The summed E-state index contributed by atoms with van der Waals surface area (Å²) in [5.74, 6) is 0.922. The van der Waals surface area contributed by atoms with Gasteiger partial charge in [0.05, 0.1) is 12.6 Å². The Kier molecular flexibility index (Phi) is 4.01. The first-order chi connectivity index (χ1) is 12.7. The van der Waals surface area contributed by atoms with E-state index in [0.717, 1.165) is 44.8 Å². The van der Waals surface area contributed by atoms with Crippen LogP contribution in [0.5, 0.6) is 0 Å². The molecule has 0 N–H and O–H groups in total. The third-order valence-corrected chi connectivity index (χ3v) is 7.10. The summed E-state index contributed by atoms with van der Waals surface area (Å²) in [5, 5.41) is 12.7. The number of rotatable bonds is 3. The van der Waals surface area contributed by atoms with Gasteiger partial charge in [0.1, 0.15) is 0 Å². The van der Waals surface area contributed by atoms with E-state index in [-0.39, 0.29) is 12.1 Å². The Balaban J connectivity index is 1.23. The van der Waals surface area contributed by atoms with Gasteiger partial charge in [-0.25, -0.2) is 9.48 Å². The van der Waals surface area contributed by atoms with E-state index in [0.29, 0.717) is 18.1 Å². The minimum Gasteiger partial charge on any atom is -0.449 e. The topological polar surface area (TPSA) is 76.4 Å². The highest BCUT2D eigenvalue weighted by atomic mass is 16.6. The minimum atomic E-state index is -0.142. The van der Waals surface area contributed by atoms with E-state index < -0.39 is 0 Å². The van der Waals surface area contributed by atoms with Gasteiger partial charge in [-0.1, -0.05) is 11.5 Å². The third-order valence-electron chi connectivity index (χ3n) is 7.10. The second-order valence-electron chi connectivity index (χ2n) is 8.55. The van der Waals surface area contributed by atoms with E-state index in [2.05, 4.69) is 25.1 Å². The number of aromatic nitrogens is 4. The van der Waals surface area contributed by atoms with Crippen LogP contribution in [0.2, 0.25) is 0 Å². The molecule has 8 nitrogen and oxygen atoms in total. The predicted molar refractivity (Wildman–Crippen MR) is 94.9 cm³/mol. The maximum Gasteiger partial charge on any atom is 0.410 e. The van der Waals surface area contributed by atoms with E-state index in [1.54, 1.807) is 0 Å². The molecule has 2 aliphatic carbocycles. The molecular weight excluding hydrogens is 332 g/mol. The van der Waals surface area contributed by atoms with Gasteiger partial charge in [-0.2, -0.15) is 0 Å². The number of cyclic esters (lactones) is 1. The van der Waals surface area contributed by atoms with Gasteiger partial charge in [0.2, 0.25) is 5.95 Å². The summed E-state index contributed by atoms with van der Waals surface area (Å²) in [7, 11) is 0. The monoisotopic (exact) mass is 360 g/mol. The lowest BCUT2D eigenvalue weighted by atomic mass is 9.67. The van der Waals surface area contributed by atoms with Gasteiger partial charge < -0.3 is 14.5 Å². The second kappa shape index (κ2) is 6.39. The quantitative estimate of drug-likeness (QED) is 0.824. The van der Waals surface area contributed by atoms with E-state index in [1.807, 2.05) is 4.90 Å². The summed E-state index contributed by atoms with van der Waals surface area (Å²) in [6.45, 7) is 3.18. The summed E-state index contributed by atoms with van der Waals surface area (Å²) in [4.78, 5) is 16.2. The molecule has 2 saturated heterocycles. The van der Waals surface area contributed by atoms with E-state index in [9.17, 15) is 4.79 Å². The van der Waals surface area contributed by atoms with Gasteiger partial charge in [-0.15, -0.1) is 0 Å². The third kappa shape index (κ3) is 2.74. The lowest BCUT2D eigenvalue weighted by Gasteiger charge is -2.40. The van der Waals surface area contributed by atoms with Crippen LogP contribution >= 0.6 is 0 Å². The van der Waals surface area contributed by atoms with Crippen molar-refractivity contribution in [1.82, 2.24) is 25.1 Å². The van der Waals surface area contributed by atoms with Crippen molar-refractivity contribution in [2.45, 2.75) is 69.9 Å². The maximum absolute atomic E-state index is 12.0. The SMILES string of the molecule is O=C1OCCCN1C1CCN(c2nnnn2C2CCC3(CCC3)C2)CC1. The molecule has 0 aromatic carbocycles. The van der Waals surface area contributed by atoms with E-state index in [1.165, 1.54) is 38.5 Å². The molecule has 1 aromatic heterocycles. The van der Waals surface area contributed by atoms with Crippen molar-refractivity contribution in [1.29, 1.82) is 0 Å². The number of carbonyl (C=O) groups is 1. The molecule has 1 unspecified atom stereocenters. The van der Waals surface area contributed by atoms with Crippen LogP contribution in [0.25, 0.3) is 0 Å². The Morgan fingerprint density at radius 2 is 1.85 bits per heavy atom. The maximum atomic E-state index is 12.0. The number of ether oxygens (including phenoxy) is 1. The molecule has 2 aliphatic heterocycles. The Morgan fingerprint density at radius 3 is 2.54 bits per heavy atom. The number of hydrogen-bond acceptors (Lipinski definition) is 6. The number of carbonyl (C=O) groups excluding carboxylic acids is 1. The van der Waals surface area contributed by atoms with Gasteiger partial charge >= 0.3 is 6.09 Å². The minimum absolute atomic E-state index is 0.142. The standard InChI is InChI=1S/C18H28N6O2/c25-17-23(9-2-12-26-17)14-4-10-22(11-5-14)16-19-20-21-24(16)15-3-8-18(13-15)6-1-7-18/h14-15H,1-13H2. The molecule has 8 heteroatoms. The van der Waals surface area contributed by atoms with Crippen LogP contribution < -0.4 is 4.90 Å². The van der Waals surface area contributed by atoms with Crippen LogP contribution in [-0.2, 0) is 4.74 Å². The van der Waals surface area contributed by atoms with Crippen molar-refractivity contribution >= 4 is 12.0 Å². The molecule has 5 rings (SSSR count). The van der Waals surface area contributed by atoms with Gasteiger partial charge in [0, 0.05) is 25.7 Å². The van der Waals surface area contributed by atoms with Crippen LogP contribution in [0.3, 0.4) is 0 Å². The molecule has 1 spiro atoms. The predicted octanol–water partition coefficient (Wildman–Crippen LogP) is 2.38. The smallest absolute Gasteiger partial charge is 0.410 e. The number of tetrazole rings is 1. The van der Waals surface area contributed by atoms with Gasteiger partial charge in [0.25, 0.3) is 0 Å². The largest absolute Gasteiger partial charge is 0.449 e. The summed E-state index contributed by atoms with van der Waals surface area (Å²) in [5.41, 5.74) is 0.593. The highest BCUT2D eigenvalue weighted by Gasteiger charge is 2.45. The Bertz CT molecular complexity index is 664. The summed E-state index contributed by atoms with van der Waals surface area (Å²) in [6.07, 6.45) is 10.6. The molecule has 1 atom stereocenters. The lowest BCUT2D eigenvalue weighted by Crippen LogP contribution is -2.50. The number of nitrogens with zero attached hydrogens (tertiary/aromatic N) is 6. The van der Waals surface area contributed by atoms with Crippen molar-refractivity contribution in [2.24, 2.45) is 5.41 Å². The Hall–Kier alpha value is -1.86. The van der Waals surface area contributed by atoms with Gasteiger partial charge in [0.15, 0.2) is 0 Å². The molecule has 142 valence electrons. The highest BCUT2D eigenvalue weighted by molar-refractivity contribution is 5.68. The highest BCUT2D eigenvalue weighted by Crippen LogP contribution is 2.56. The average Bonchev–Trinajstić information content (AvgIpc) is 3.29. The van der Waals surface area contributed by atoms with Crippen molar-refractivity contribution in [3.63, 3.8) is 0 Å². The molecule has 26 heavy (non-hydrogen) atoms. The fourth-order valence-corrected chi connectivity index (χ4v) is 5.43. The van der Waals surface area contributed by atoms with Crippen LogP contribution in [0.4, 0.5) is 10.7 Å². The molecule has 4 fully saturated rings. The summed E-state index contributed by atoms with van der Waals surface area (Å²) < 4.78 is 7.29. The number of amides is 1. The molecule has 1 aromatic rings. The number of anilines is 1. The zero-order valence-electron chi connectivity index (χ0n) is 15.3. The molecule has 2 saturated carbocycles. The number of piperidine rings is 1. The van der Waals surface area contributed by atoms with Gasteiger partial charge in [-0.3, -0.25) is 0 Å². The first-order valence-electron chi connectivity index (χ1n) is 10.2. The first-order valence-corrected chi connectivity index (χ1v) is 10.2. The zero-order valence-corrected chi connectivity index (χ0v) is 15.3. The zero-order chi connectivity index (χ0) is 17.6. The Labute approximate surface area is 153 Å². The van der Waals surface area contributed by atoms with Crippen LogP contribution in [0.1, 0.15) is 63.8 Å². The normalized spacial score (nSPS) is 29.1. The molecule has 0 bridgehead atoms. The van der Waals surface area contributed by atoms with Crippen molar-refractivity contribution < 1.29 is 9.53 Å². The molecule has 4 aliphatic rings. The average molecular weight is 360 g/mol.